The van der Waals surface area contributed by atoms with Crippen molar-refractivity contribution in [3.05, 3.63) is 23.8 Å². The van der Waals surface area contributed by atoms with Crippen LogP contribution in [0.3, 0.4) is 0 Å². The molecule has 1 fully saturated rings. The molecule has 1 aromatic carbocycles. The van der Waals surface area contributed by atoms with Crippen LogP contribution in [0, 0.1) is 0 Å². The molecule has 0 aliphatic carbocycles. The number of benzene rings is 1. The van der Waals surface area contributed by atoms with E-state index in [1.807, 2.05) is 18.2 Å². The van der Waals surface area contributed by atoms with Crippen molar-refractivity contribution in [3.63, 3.8) is 0 Å². The Hall–Kier alpha value is -1.22. The molecule has 1 aliphatic heterocycles. The summed E-state index contributed by atoms with van der Waals surface area (Å²) in [6.07, 6.45) is 1.28. The van der Waals surface area contributed by atoms with Gasteiger partial charge in [-0.1, -0.05) is 0 Å². The lowest BCUT2D eigenvalue weighted by Gasteiger charge is -2.28. The maximum Gasteiger partial charge on any atom is 0.128 e. The first-order valence-electron chi connectivity index (χ1n) is 4.68. The molecular formula is C11H14O3. The van der Waals surface area contributed by atoms with Crippen LogP contribution < -0.4 is 9.47 Å². The second-order valence-electron chi connectivity index (χ2n) is 3.26. The Kier molecular flexibility index (Phi) is 2.59. The molecule has 0 spiro atoms. The monoisotopic (exact) mass is 194 g/mol. The van der Waals surface area contributed by atoms with Gasteiger partial charge in [-0.25, -0.2) is 0 Å². The van der Waals surface area contributed by atoms with Crippen LogP contribution in [0.25, 0.3) is 0 Å². The fourth-order valence-electron chi connectivity index (χ4n) is 1.57. The minimum atomic E-state index is 0.204. The third kappa shape index (κ3) is 1.55. The normalized spacial score (nSPS) is 20.0. The molecule has 1 aliphatic rings. The quantitative estimate of drug-likeness (QED) is 0.738. The highest BCUT2D eigenvalue weighted by Crippen LogP contribution is 2.37. The van der Waals surface area contributed by atoms with E-state index >= 15 is 0 Å². The number of ether oxygens (including phenoxy) is 3. The number of methoxy groups -OCH3 is 2. The van der Waals surface area contributed by atoms with Crippen molar-refractivity contribution >= 4 is 0 Å². The van der Waals surface area contributed by atoms with Gasteiger partial charge in [0, 0.05) is 18.1 Å². The van der Waals surface area contributed by atoms with Gasteiger partial charge < -0.3 is 14.2 Å². The predicted octanol–water partition coefficient (Wildman–Crippen LogP) is 2.17. The first kappa shape index (κ1) is 9.34. The second-order valence-corrected chi connectivity index (χ2v) is 3.26. The van der Waals surface area contributed by atoms with E-state index in [2.05, 4.69) is 0 Å². The number of hydrogen-bond donors (Lipinski definition) is 0. The van der Waals surface area contributed by atoms with Gasteiger partial charge in [0.2, 0.25) is 0 Å². The Balaban J connectivity index is 2.29. The zero-order valence-electron chi connectivity index (χ0n) is 8.45. The van der Waals surface area contributed by atoms with Crippen LogP contribution in [0.1, 0.15) is 18.1 Å². The van der Waals surface area contributed by atoms with Crippen LogP contribution in [0.15, 0.2) is 18.2 Å². The summed E-state index contributed by atoms with van der Waals surface area (Å²) >= 11 is 0. The number of rotatable bonds is 3. The summed E-state index contributed by atoms with van der Waals surface area (Å²) < 4.78 is 15.8. The van der Waals surface area contributed by atoms with E-state index in [0.717, 1.165) is 30.1 Å². The highest BCUT2D eigenvalue weighted by atomic mass is 16.5. The standard InChI is InChI=1S/C11H14O3/c1-12-8-3-4-9(10-5-6-14-10)11(7-8)13-2/h3-4,7,10H,5-6H2,1-2H3. The molecule has 0 aromatic heterocycles. The molecule has 0 amide bonds. The van der Waals surface area contributed by atoms with Gasteiger partial charge in [-0.3, -0.25) is 0 Å². The summed E-state index contributed by atoms with van der Waals surface area (Å²) in [7, 11) is 3.31. The van der Waals surface area contributed by atoms with E-state index in [4.69, 9.17) is 14.2 Å². The number of hydrogen-bond acceptors (Lipinski definition) is 3. The Bertz CT molecular complexity index is 318. The molecule has 2 rings (SSSR count). The Morgan fingerprint density at radius 2 is 2.07 bits per heavy atom. The zero-order chi connectivity index (χ0) is 9.97. The first-order chi connectivity index (χ1) is 6.85. The van der Waals surface area contributed by atoms with E-state index in [1.165, 1.54) is 0 Å². The average molecular weight is 194 g/mol. The zero-order valence-corrected chi connectivity index (χ0v) is 8.45. The third-order valence-electron chi connectivity index (χ3n) is 2.49. The summed E-state index contributed by atoms with van der Waals surface area (Å²) in [6.45, 7) is 0.847. The van der Waals surface area contributed by atoms with Crippen LogP contribution in [-0.4, -0.2) is 20.8 Å². The molecule has 3 heteroatoms. The highest BCUT2D eigenvalue weighted by molar-refractivity contribution is 5.42. The summed E-state index contributed by atoms with van der Waals surface area (Å²) in [5, 5.41) is 0. The SMILES string of the molecule is COc1ccc(C2CCO2)c(OC)c1. The molecule has 0 bridgehead atoms. The highest BCUT2D eigenvalue weighted by Gasteiger charge is 2.23. The first-order valence-corrected chi connectivity index (χ1v) is 4.68. The molecule has 1 heterocycles. The Morgan fingerprint density at radius 3 is 2.57 bits per heavy atom. The lowest BCUT2D eigenvalue weighted by Crippen LogP contribution is -2.18. The lowest BCUT2D eigenvalue weighted by molar-refractivity contribution is -0.0538. The molecule has 3 nitrogen and oxygen atoms in total. The molecule has 0 radical (unpaired) electrons. The van der Waals surface area contributed by atoms with Gasteiger partial charge in [0.05, 0.1) is 26.9 Å². The molecule has 1 aromatic rings. The van der Waals surface area contributed by atoms with Crippen molar-refractivity contribution in [2.75, 3.05) is 20.8 Å². The fraction of sp³-hybridized carbons (Fsp3) is 0.455. The van der Waals surface area contributed by atoms with Crippen molar-refractivity contribution in [2.45, 2.75) is 12.5 Å². The van der Waals surface area contributed by atoms with E-state index in [9.17, 15) is 0 Å². The van der Waals surface area contributed by atoms with E-state index < -0.39 is 0 Å². The minimum absolute atomic E-state index is 0.204. The van der Waals surface area contributed by atoms with Gasteiger partial charge in [0.1, 0.15) is 11.5 Å². The van der Waals surface area contributed by atoms with Gasteiger partial charge in [-0.15, -0.1) is 0 Å². The topological polar surface area (TPSA) is 27.7 Å². The van der Waals surface area contributed by atoms with Crippen LogP contribution in [0.2, 0.25) is 0 Å². The van der Waals surface area contributed by atoms with Crippen molar-refractivity contribution in [1.82, 2.24) is 0 Å². The Morgan fingerprint density at radius 1 is 1.29 bits per heavy atom. The smallest absolute Gasteiger partial charge is 0.128 e. The molecular weight excluding hydrogens is 180 g/mol. The van der Waals surface area contributed by atoms with Gasteiger partial charge in [-0.2, -0.15) is 0 Å². The summed E-state index contributed by atoms with van der Waals surface area (Å²) in [6, 6.07) is 5.82. The second kappa shape index (κ2) is 3.88. The molecule has 14 heavy (non-hydrogen) atoms. The van der Waals surface area contributed by atoms with E-state index in [1.54, 1.807) is 14.2 Å². The lowest BCUT2D eigenvalue weighted by atomic mass is 10.0. The van der Waals surface area contributed by atoms with Gasteiger partial charge in [0.15, 0.2) is 0 Å². The average Bonchev–Trinajstić information content (AvgIpc) is 2.16. The summed E-state index contributed by atoms with van der Waals surface area (Å²) in [4.78, 5) is 0. The molecule has 0 N–H and O–H groups in total. The van der Waals surface area contributed by atoms with Crippen molar-refractivity contribution in [3.8, 4) is 11.5 Å². The minimum Gasteiger partial charge on any atom is -0.497 e. The molecule has 1 unspecified atom stereocenters. The third-order valence-corrected chi connectivity index (χ3v) is 2.49. The maximum atomic E-state index is 5.41. The van der Waals surface area contributed by atoms with Crippen LogP contribution in [-0.2, 0) is 4.74 Å². The van der Waals surface area contributed by atoms with Gasteiger partial charge >= 0.3 is 0 Å². The molecule has 76 valence electrons. The molecule has 0 saturated carbocycles. The van der Waals surface area contributed by atoms with Gasteiger partial charge in [-0.05, 0) is 12.1 Å². The van der Waals surface area contributed by atoms with E-state index in [0.29, 0.717) is 0 Å². The van der Waals surface area contributed by atoms with Crippen LogP contribution in [0.5, 0.6) is 11.5 Å². The summed E-state index contributed by atoms with van der Waals surface area (Å²) in [5.74, 6) is 1.65. The van der Waals surface area contributed by atoms with Crippen LogP contribution >= 0.6 is 0 Å². The van der Waals surface area contributed by atoms with Crippen molar-refractivity contribution < 1.29 is 14.2 Å². The maximum absolute atomic E-state index is 5.41. The van der Waals surface area contributed by atoms with Crippen LogP contribution in [0.4, 0.5) is 0 Å². The predicted molar refractivity (Wildman–Crippen MR) is 52.9 cm³/mol. The molecule has 1 saturated heterocycles. The van der Waals surface area contributed by atoms with Crippen molar-refractivity contribution in [2.24, 2.45) is 0 Å². The molecule has 1 atom stereocenters. The summed E-state index contributed by atoms with van der Waals surface area (Å²) in [5.41, 5.74) is 1.11. The largest absolute Gasteiger partial charge is 0.497 e. The fourth-order valence-corrected chi connectivity index (χ4v) is 1.57. The Labute approximate surface area is 83.6 Å². The van der Waals surface area contributed by atoms with E-state index in [-0.39, 0.29) is 6.10 Å². The van der Waals surface area contributed by atoms with Gasteiger partial charge in [0.25, 0.3) is 0 Å². The van der Waals surface area contributed by atoms with Crippen molar-refractivity contribution in [1.29, 1.82) is 0 Å².